The van der Waals surface area contributed by atoms with Crippen molar-refractivity contribution in [3.63, 3.8) is 0 Å². The molecule has 1 heterocycles. The minimum atomic E-state index is -0.276. The van der Waals surface area contributed by atoms with Crippen LogP contribution in [0.5, 0.6) is 0 Å². The second-order valence-corrected chi connectivity index (χ2v) is 7.20. The zero-order valence-electron chi connectivity index (χ0n) is 16.7. The summed E-state index contributed by atoms with van der Waals surface area (Å²) >= 11 is 0. The van der Waals surface area contributed by atoms with Gasteiger partial charge >= 0.3 is 0 Å². The molecule has 1 atom stereocenters. The number of fused-ring (bicyclic) bond motifs is 1. The van der Waals surface area contributed by atoms with Crippen LogP contribution in [0.25, 0.3) is 10.9 Å². The number of para-hydroxylation sites is 1. The largest absolute Gasteiger partial charge is 0.331 e. The number of amides is 1. The van der Waals surface area contributed by atoms with Crippen molar-refractivity contribution in [1.29, 1.82) is 0 Å². The van der Waals surface area contributed by atoms with Crippen molar-refractivity contribution < 1.29 is 4.79 Å². The van der Waals surface area contributed by atoms with Gasteiger partial charge in [0.15, 0.2) is 0 Å². The van der Waals surface area contributed by atoms with Crippen LogP contribution in [0.4, 0.5) is 0 Å². The monoisotopic (exact) mass is 358 g/mol. The molecule has 1 unspecified atom stereocenters. The maximum absolute atomic E-state index is 12.9. The maximum Gasteiger partial charge on any atom is 0.261 e. The van der Waals surface area contributed by atoms with Crippen LogP contribution in [0.15, 0.2) is 29.1 Å². The molecule has 2 aromatic rings. The summed E-state index contributed by atoms with van der Waals surface area (Å²) in [7, 11) is 3.97. The first-order chi connectivity index (χ1) is 12.3. The average Bonchev–Trinajstić information content (AvgIpc) is 2.61. The van der Waals surface area contributed by atoms with Crippen LogP contribution in [-0.2, 0) is 11.3 Å². The Labute approximate surface area is 155 Å². The molecule has 0 bridgehead atoms. The molecule has 0 aliphatic rings. The molecule has 0 N–H and O–H groups in total. The highest BCUT2D eigenvalue weighted by Crippen LogP contribution is 2.22. The van der Waals surface area contributed by atoms with Gasteiger partial charge in [-0.15, -0.1) is 0 Å². The molecule has 0 saturated carbocycles. The van der Waals surface area contributed by atoms with Gasteiger partial charge in [-0.2, -0.15) is 0 Å². The van der Waals surface area contributed by atoms with Gasteiger partial charge in [-0.05, 0) is 40.1 Å². The molecule has 0 aliphatic heterocycles. The highest BCUT2D eigenvalue weighted by molar-refractivity contribution is 5.79. The van der Waals surface area contributed by atoms with Gasteiger partial charge in [0.2, 0.25) is 5.91 Å². The lowest BCUT2D eigenvalue weighted by atomic mass is 10.1. The topological polar surface area (TPSA) is 58.4 Å². The van der Waals surface area contributed by atoms with E-state index in [0.717, 1.165) is 6.54 Å². The fourth-order valence-electron chi connectivity index (χ4n) is 3.08. The molecule has 0 aliphatic carbocycles. The Hall–Kier alpha value is -2.21. The van der Waals surface area contributed by atoms with Crippen LogP contribution in [0.3, 0.4) is 0 Å². The molecule has 6 heteroatoms. The van der Waals surface area contributed by atoms with E-state index < -0.39 is 0 Å². The smallest absolute Gasteiger partial charge is 0.261 e. The van der Waals surface area contributed by atoms with Crippen molar-refractivity contribution in [3.05, 3.63) is 40.4 Å². The van der Waals surface area contributed by atoms with Gasteiger partial charge in [-0.25, -0.2) is 4.98 Å². The Balaban J connectivity index is 2.54. The van der Waals surface area contributed by atoms with Crippen molar-refractivity contribution in [2.75, 3.05) is 27.2 Å². The van der Waals surface area contributed by atoms with E-state index in [9.17, 15) is 9.59 Å². The predicted octanol–water partition coefficient (Wildman–Crippen LogP) is 2.52. The second-order valence-electron chi connectivity index (χ2n) is 7.20. The molecular weight excluding hydrogens is 328 g/mol. The number of nitrogens with zero attached hydrogens (tertiary/aromatic N) is 4. The average molecular weight is 358 g/mol. The lowest BCUT2D eigenvalue weighted by molar-refractivity contribution is -0.137. The number of likely N-dealkylation sites (N-methyl/N-ethyl adjacent to an activating group) is 1. The fraction of sp³-hybridized carbons (Fsp3) is 0.550. The number of rotatable bonds is 7. The summed E-state index contributed by atoms with van der Waals surface area (Å²) in [6.45, 7) is 9.57. The Morgan fingerprint density at radius 3 is 2.38 bits per heavy atom. The molecule has 0 spiro atoms. The van der Waals surface area contributed by atoms with Gasteiger partial charge in [-0.1, -0.05) is 26.0 Å². The molecular formula is C20H30N4O2. The summed E-state index contributed by atoms with van der Waals surface area (Å²) in [5, 5.41) is 0.611. The predicted molar refractivity (Wildman–Crippen MR) is 105 cm³/mol. The molecule has 26 heavy (non-hydrogen) atoms. The van der Waals surface area contributed by atoms with Gasteiger partial charge in [0, 0.05) is 25.6 Å². The molecule has 0 saturated heterocycles. The first-order valence-corrected chi connectivity index (χ1v) is 9.22. The van der Waals surface area contributed by atoms with Crippen molar-refractivity contribution in [1.82, 2.24) is 19.4 Å². The van der Waals surface area contributed by atoms with E-state index in [1.807, 2.05) is 69.8 Å². The Morgan fingerprint density at radius 1 is 1.15 bits per heavy atom. The Kier molecular flexibility index (Phi) is 6.53. The van der Waals surface area contributed by atoms with E-state index in [2.05, 4.69) is 0 Å². The van der Waals surface area contributed by atoms with Crippen LogP contribution in [-0.4, -0.2) is 52.4 Å². The summed E-state index contributed by atoms with van der Waals surface area (Å²) in [6, 6.07) is 7.10. The number of aromatic nitrogens is 2. The molecule has 2 rings (SSSR count). The van der Waals surface area contributed by atoms with E-state index in [4.69, 9.17) is 4.98 Å². The number of carbonyl (C=O) groups is 1. The second kappa shape index (κ2) is 8.45. The zero-order chi connectivity index (χ0) is 19.4. The fourth-order valence-corrected chi connectivity index (χ4v) is 3.08. The minimum Gasteiger partial charge on any atom is -0.331 e. The van der Waals surface area contributed by atoms with Crippen LogP contribution in [0, 0.1) is 5.92 Å². The minimum absolute atomic E-state index is 0.0514. The Bertz CT molecular complexity index is 826. The van der Waals surface area contributed by atoms with Crippen LogP contribution in [0.1, 0.15) is 39.6 Å². The van der Waals surface area contributed by atoms with E-state index in [0.29, 0.717) is 29.8 Å². The Morgan fingerprint density at radius 2 is 1.81 bits per heavy atom. The third kappa shape index (κ3) is 4.12. The first-order valence-electron chi connectivity index (χ1n) is 9.22. The molecule has 6 nitrogen and oxygen atoms in total. The van der Waals surface area contributed by atoms with Crippen LogP contribution < -0.4 is 5.56 Å². The third-order valence-electron chi connectivity index (χ3n) is 4.61. The van der Waals surface area contributed by atoms with Crippen molar-refractivity contribution in [3.8, 4) is 0 Å². The van der Waals surface area contributed by atoms with E-state index in [1.165, 1.54) is 0 Å². The molecule has 142 valence electrons. The van der Waals surface area contributed by atoms with Gasteiger partial charge < -0.3 is 9.80 Å². The highest BCUT2D eigenvalue weighted by Gasteiger charge is 2.27. The van der Waals surface area contributed by atoms with E-state index in [1.54, 1.807) is 10.6 Å². The number of hydrogen-bond acceptors (Lipinski definition) is 4. The molecule has 1 amide bonds. The first kappa shape index (κ1) is 20.1. The molecule has 0 fully saturated rings. The van der Waals surface area contributed by atoms with E-state index in [-0.39, 0.29) is 23.4 Å². The molecule has 1 aromatic heterocycles. The summed E-state index contributed by atoms with van der Waals surface area (Å²) < 4.78 is 1.68. The van der Waals surface area contributed by atoms with Gasteiger partial charge in [0.1, 0.15) is 5.82 Å². The summed E-state index contributed by atoms with van der Waals surface area (Å²) in [5.74, 6) is 0.607. The number of benzene rings is 1. The normalized spacial score (nSPS) is 12.8. The lowest BCUT2D eigenvalue weighted by Gasteiger charge is -2.32. The van der Waals surface area contributed by atoms with Crippen molar-refractivity contribution >= 4 is 16.8 Å². The third-order valence-corrected chi connectivity index (χ3v) is 4.61. The highest BCUT2D eigenvalue weighted by atomic mass is 16.2. The quantitative estimate of drug-likeness (QED) is 0.763. The van der Waals surface area contributed by atoms with Crippen molar-refractivity contribution in [2.45, 2.75) is 40.3 Å². The van der Waals surface area contributed by atoms with Crippen molar-refractivity contribution in [2.24, 2.45) is 5.92 Å². The standard InChI is InChI=1S/C20H30N4O2/c1-7-23-18(21-17-11-9-8-10-16(17)20(23)26)15(4)24(13-12-22(5)6)19(25)14(2)3/h8-11,14-15H,7,12-13H2,1-6H3. The molecule has 0 radical (unpaired) electrons. The van der Waals surface area contributed by atoms with Gasteiger partial charge in [0.05, 0.1) is 16.9 Å². The summed E-state index contributed by atoms with van der Waals surface area (Å²) in [5.41, 5.74) is 0.623. The number of hydrogen-bond donors (Lipinski definition) is 0. The SMILES string of the molecule is CCn1c(C(C)N(CCN(C)C)C(=O)C(C)C)nc2ccccc2c1=O. The number of carbonyl (C=O) groups excluding carboxylic acids is 1. The van der Waals surface area contributed by atoms with E-state index >= 15 is 0 Å². The molecule has 1 aromatic carbocycles. The van der Waals surface area contributed by atoms with Crippen LogP contribution in [0.2, 0.25) is 0 Å². The lowest BCUT2D eigenvalue weighted by Crippen LogP contribution is -2.42. The zero-order valence-corrected chi connectivity index (χ0v) is 16.7. The van der Waals surface area contributed by atoms with Gasteiger partial charge in [-0.3, -0.25) is 14.2 Å². The van der Waals surface area contributed by atoms with Gasteiger partial charge in [0.25, 0.3) is 5.56 Å². The van der Waals surface area contributed by atoms with Crippen LogP contribution >= 0.6 is 0 Å². The maximum atomic E-state index is 12.9. The summed E-state index contributed by atoms with van der Waals surface area (Å²) in [4.78, 5) is 34.3. The summed E-state index contributed by atoms with van der Waals surface area (Å²) in [6.07, 6.45) is 0.